The molecule has 0 bridgehead atoms. The summed E-state index contributed by atoms with van der Waals surface area (Å²) in [6, 6.07) is 4.48. The highest BCUT2D eigenvalue weighted by atomic mass is 16.3. The molecule has 3 saturated carbocycles. The van der Waals surface area contributed by atoms with Gasteiger partial charge in [-0.25, -0.2) is 0 Å². The van der Waals surface area contributed by atoms with Gasteiger partial charge in [-0.15, -0.1) is 0 Å². The Labute approximate surface area is 169 Å². The van der Waals surface area contributed by atoms with Crippen molar-refractivity contribution >= 4 is 12.0 Å². The Hall–Kier alpha value is -1.51. The summed E-state index contributed by atoms with van der Waals surface area (Å²) in [5, 5.41) is 0. The van der Waals surface area contributed by atoms with Crippen molar-refractivity contribution in [3.63, 3.8) is 0 Å². The quantitative estimate of drug-likeness (QED) is 0.651. The van der Waals surface area contributed by atoms with E-state index in [0.29, 0.717) is 28.7 Å². The van der Waals surface area contributed by atoms with Crippen molar-refractivity contribution in [1.29, 1.82) is 0 Å². The fourth-order valence-electron chi connectivity index (χ4n) is 8.10. The van der Waals surface area contributed by atoms with Crippen molar-refractivity contribution in [2.24, 2.45) is 34.5 Å². The molecule has 5 rings (SSSR count). The summed E-state index contributed by atoms with van der Waals surface area (Å²) < 4.78 is 5.52. The molecular weight excluding hydrogens is 346 g/mol. The van der Waals surface area contributed by atoms with Crippen molar-refractivity contribution in [2.75, 3.05) is 7.05 Å². The molecule has 3 nitrogen and oxygen atoms in total. The van der Waals surface area contributed by atoms with Crippen LogP contribution in [-0.2, 0) is 4.79 Å². The van der Waals surface area contributed by atoms with E-state index in [9.17, 15) is 4.79 Å². The first-order chi connectivity index (χ1) is 13.4. The molecule has 0 unspecified atom stereocenters. The van der Waals surface area contributed by atoms with Gasteiger partial charge < -0.3 is 9.32 Å². The lowest BCUT2D eigenvalue weighted by Crippen LogP contribution is -2.61. The number of nitrogens with zero attached hydrogens (tertiary/aromatic N) is 1. The molecule has 1 amide bonds. The van der Waals surface area contributed by atoms with Crippen LogP contribution in [0.1, 0.15) is 71.0 Å². The summed E-state index contributed by atoms with van der Waals surface area (Å²) >= 11 is 0. The molecule has 1 aliphatic heterocycles. The molecule has 28 heavy (non-hydrogen) atoms. The van der Waals surface area contributed by atoms with Crippen LogP contribution in [0.3, 0.4) is 0 Å². The van der Waals surface area contributed by atoms with E-state index in [0.717, 1.165) is 36.4 Å². The molecule has 7 atom stereocenters. The lowest BCUT2D eigenvalue weighted by atomic mass is 9.47. The Morgan fingerprint density at radius 2 is 1.89 bits per heavy atom. The summed E-state index contributed by atoms with van der Waals surface area (Å²) in [6.07, 6.45) is 16.2. The van der Waals surface area contributed by atoms with Gasteiger partial charge in [-0.2, -0.15) is 0 Å². The maximum atomic E-state index is 12.3. The third-order valence-corrected chi connectivity index (χ3v) is 9.67. The second-order valence-electron chi connectivity index (χ2n) is 10.6. The molecular formula is C25H35NO2. The second kappa shape index (κ2) is 6.50. The van der Waals surface area contributed by atoms with Gasteiger partial charge in [-0.3, -0.25) is 4.79 Å². The Bertz CT molecular complexity index is 768. The Balaban J connectivity index is 1.38. The Morgan fingerprint density at radius 1 is 1.07 bits per heavy atom. The van der Waals surface area contributed by atoms with Crippen LogP contribution in [0.25, 0.3) is 6.08 Å². The lowest BCUT2D eigenvalue weighted by Gasteiger charge is -2.61. The van der Waals surface area contributed by atoms with Gasteiger partial charge in [0.25, 0.3) is 0 Å². The monoisotopic (exact) mass is 381 g/mol. The number of furan rings is 1. The number of carbonyl (C=O) groups excluding carboxylic acids is 1. The van der Waals surface area contributed by atoms with Crippen LogP contribution in [0, 0.1) is 34.5 Å². The number of amides is 1. The van der Waals surface area contributed by atoms with Crippen LogP contribution < -0.4 is 0 Å². The van der Waals surface area contributed by atoms with E-state index < -0.39 is 0 Å². The average Bonchev–Trinajstić information content (AvgIpc) is 3.30. The molecule has 0 N–H and O–H groups in total. The topological polar surface area (TPSA) is 33.5 Å². The predicted octanol–water partition coefficient (Wildman–Crippen LogP) is 5.77. The molecule has 1 aromatic rings. The van der Waals surface area contributed by atoms with Crippen molar-refractivity contribution < 1.29 is 9.21 Å². The van der Waals surface area contributed by atoms with E-state index in [2.05, 4.69) is 37.9 Å². The highest BCUT2D eigenvalue weighted by Gasteiger charge is 2.60. The molecule has 0 radical (unpaired) electrons. The van der Waals surface area contributed by atoms with E-state index in [1.54, 1.807) is 6.26 Å². The fraction of sp³-hybridized carbons (Fsp3) is 0.720. The van der Waals surface area contributed by atoms with E-state index in [-0.39, 0.29) is 0 Å². The van der Waals surface area contributed by atoms with Crippen LogP contribution in [0.15, 0.2) is 28.9 Å². The molecule has 4 fully saturated rings. The number of allylic oxidation sites excluding steroid dienone is 1. The van der Waals surface area contributed by atoms with Crippen LogP contribution in [0.5, 0.6) is 0 Å². The number of likely N-dealkylation sites (tertiary alicyclic amines) is 1. The number of piperidine rings is 1. The van der Waals surface area contributed by atoms with E-state index in [1.807, 2.05) is 12.1 Å². The van der Waals surface area contributed by atoms with Gasteiger partial charge in [0.1, 0.15) is 5.76 Å². The zero-order valence-electron chi connectivity index (χ0n) is 17.7. The highest BCUT2D eigenvalue weighted by molar-refractivity contribution is 5.77. The van der Waals surface area contributed by atoms with Gasteiger partial charge in [0.05, 0.1) is 6.26 Å². The molecule has 3 heteroatoms. The van der Waals surface area contributed by atoms with E-state index >= 15 is 0 Å². The van der Waals surface area contributed by atoms with Gasteiger partial charge >= 0.3 is 0 Å². The summed E-state index contributed by atoms with van der Waals surface area (Å²) in [4.78, 5) is 14.4. The van der Waals surface area contributed by atoms with Gasteiger partial charge in [-0.05, 0) is 97.7 Å². The minimum absolute atomic E-state index is 0.328. The van der Waals surface area contributed by atoms with Gasteiger partial charge in [0, 0.05) is 19.5 Å². The molecule has 1 saturated heterocycles. The average molecular weight is 382 g/mol. The van der Waals surface area contributed by atoms with E-state index in [1.165, 1.54) is 38.5 Å². The van der Waals surface area contributed by atoms with Crippen LogP contribution >= 0.6 is 0 Å². The SMILES string of the molecule is CN1C(=O)CC[C@]2(C)[C@H]3CC[C@]4(C)[C@@H](C=Cc5ccco5)CC[C@H]4[C@@H]3CC[C@@H]12. The predicted molar refractivity (Wildman–Crippen MR) is 111 cm³/mol. The number of fused-ring (bicyclic) bond motifs is 5. The molecule has 0 spiro atoms. The third kappa shape index (κ3) is 2.57. The Morgan fingerprint density at radius 3 is 2.68 bits per heavy atom. The van der Waals surface area contributed by atoms with Crippen LogP contribution in [-0.4, -0.2) is 23.9 Å². The van der Waals surface area contributed by atoms with Gasteiger partial charge in [0.15, 0.2) is 0 Å². The van der Waals surface area contributed by atoms with Gasteiger partial charge in [-0.1, -0.05) is 19.9 Å². The third-order valence-electron chi connectivity index (χ3n) is 9.67. The second-order valence-corrected chi connectivity index (χ2v) is 10.6. The minimum Gasteiger partial charge on any atom is -0.465 e. The smallest absolute Gasteiger partial charge is 0.222 e. The first-order valence-corrected chi connectivity index (χ1v) is 11.4. The zero-order valence-corrected chi connectivity index (χ0v) is 17.7. The number of carbonyl (C=O) groups is 1. The Kier molecular flexibility index (Phi) is 4.30. The maximum absolute atomic E-state index is 12.3. The van der Waals surface area contributed by atoms with Crippen molar-refractivity contribution in [2.45, 2.75) is 71.3 Å². The largest absolute Gasteiger partial charge is 0.465 e. The summed E-state index contributed by atoms with van der Waals surface area (Å²) in [5.74, 6) is 4.51. The summed E-state index contributed by atoms with van der Waals surface area (Å²) in [5.41, 5.74) is 0.763. The zero-order chi connectivity index (χ0) is 19.5. The lowest BCUT2D eigenvalue weighted by molar-refractivity contribution is -0.157. The first kappa shape index (κ1) is 18.5. The normalized spacial score (nSPS) is 45.8. The van der Waals surface area contributed by atoms with Crippen molar-refractivity contribution in [1.82, 2.24) is 4.90 Å². The minimum atomic E-state index is 0.328. The number of hydrogen-bond donors (Lipinski definition) is 0. The molecule has 3 aliphatic carbocycles. The molecule has 2 heterocycles. The van der Waals surface area contributed by atoms with E-state index in [4.69, 9.17) is 4.42 Å². The summed E-state index contributed by atoms with van der Waals surface area (Å²) in [6.45, 7) is 5.09. The maximum Gasteiger partial charge on any atom is 0.222 e. The molecule has 0 aromatic carbocycles. The van der Waals surface area contributed by atoms with Crippen LogP contribution in [0.4, 0.5) is 0 Å². The standard InChI is InChI=1S/C25H35NO2/c1-24-14-12-21-19(9-11-22-25(21,2)15-13-23(27)26(22)3)20(24)10-7-17(24)6-8-18-5-4-16-28-18/h4-6,8,16-17,19-22H,7,9-15H2,1-3H3/t17-,19-,20-,21-,22+,24+,25+/m0/s1. The molecule has 152 valence electrons. The summed E-state index contributed by atoms with van der Waals surface area (Å²) in [7, 11) is 2.06. The fourth-order valence-corrected chi connectivity index (χ4v) is 8.10. The number of rotatable bonds is 2. The van der Waals surface area contributed by atoms with Crippen LogP contribution in [0.2, 0.25) is 0 Å². The first-order valence-electron chi connectivity index (χ1n) is 11.4. The number of hydrogen-bond acceptors (Lipinski definition) is 2. The van der Waals surface area contributed by atoms with Crippen molar-refractivity contribution in [3.05, 3.63) is 30.2 Å². The van der Waals surface area contributed by atoms with Crippen molar-refractivity contribution in [3.8, 4) is 0 Å². The highest BCUT2D eigenvalue weighted by Crippen LogP contribution is 2.66. The van der Waals surface area contributed by atoms with Gasteiger partial charge in [0.2, 0.25) is 5.91 Å². The molecule has 4 aliphatic rings. The molecule has 1 aromatic heterocycles.